The van der Waals surface area contributed by atoms with E-state index in [1.807, 2.05) is 6.92 Å². The van der Waals surface area contributed by atoms with E-state index in [0.717, 1.165) is 5.69 Å². The lowest BCUT2D eigenvalue weighted by atomic mass is 9.91. The minimum atomic E-state index is 0.702. The van der Waals surface area contributed by atoms with Gasteiger partial charge in [0, 0.05) is 24.7 Å². The molecule has 1 aromatic rings. The van der Waals surface area contributed by atoms with Crippen LogP contribution in [0.5, 0.6) is 0 Å². The van der Waals surface area contributed by atoms with Crippen LogP contribution in [0.15, 0.2) is 18.2 Å². The predicted molar refractivity (Wildman–Crippen MR) is 55.8 cm³/mol. The van der Waals surface area contributed by atoms with E-state index in [1.54, 1.807) is 0 Å². The predicted octanol–water partition coefficient (Wildman–Crippen LogP) is 1.61. The Labute approximate surface area is 79.4 Å². The molecule has 2 nitrogen and oxygen atoms in total. The van der Waals surface area contributed by atoms with E-state index >= 15 is 0 Å². The molecule has 2 rings (SSSR count). The molecule has 13 heavy (non-hydrogen) atoms. The van der Waals surface area contributed by atoms with Gasteiger partial charge in [-0.3, -0.25) is 0 Å². The summed E-state index contributed by atoms with van der Waals surface area (Å²) >= 11 is 0. The van der Waals surface area contributed by atoms with Gasteiger partial charge in [0.05, 0.1) is 0 Å². The summed E-state index contributed by atoms with van der Waals surface area (Å²) in [6.45, 7) is 4.39. The number of aryl methyl sites for hydroxylation is 1. The first-order valence-electron chi connectivity index (χ1n) is 4.71. The number of nitrogens with two attached hydrogens (primary N) is 1. The highest BCUT2D eigenvalue weighted by molar-refractivity contribution is 5.49. The zero-order valence-electron chi connectivity index (χ0n) is 8.25. The summed E-state index contributed by atoms with van der Waals surface area (Å²) in [5, 5.41) is 0. The smallest absolute Gasteiger partial charge is 0.0346 e. The highest BCUT2D eigenvalue weighted by Crippen LogP contribution is 2.27. The molecule has 0 amide bonds. The van der Waals surface area contributed by atoms with Gasteiger partial charge in [-0.05, 0) is 31.2 Å². The molecule has 1 fully saturated rings. The second-order valence-corrected chi connectivity index (χ2v) is 4.03. The summed E-state index contributed by atoms with van der Waals surface area (Å²) in [5.74, 6) is 0.702. The molecular weight excluding hydrogens is 160 g/mol. The second-order valence-electron chi connectivity index (χ2n) is 4.03. The van der Waals surface area contributed by atoms with Gasteiger partial charge in [0.15, 0.2) is 0 Å². The summed E-state index contributed by atoms with van der Waals surface area (Å²) < 4.78 is 0. The Morgan fingerprint density at radius 3 is 2.62 bits per heavy atom. The van der Waals surface area contributed by atoms with Crippen LogP contribution in [-0.2, 0) is 0 Å². The van der Waals surface area contributed by atoms with Crippen LogP contribution in [0.25, 0.3) is 0 Å². The molecule has 0 bridgehead atoms. The Morgan fingerprint density at radius 1 is 1.38 bits per heavy atom. The quantitative estimate of drug-likeness (QED) is 0.659. The summed E-state index contributed by atoms with van der Waals surface area (Å²) in [6, 6.07) is 6.43. The van der Waals surface area contributed by atoms with Crippen LogP contribution in [-0.4, -0.2) is 25.0 Å². The molecule has 1 heterocycles. The van der Waals surface area contributed by atoms with Crippen molar-refractivity contribution in [3.05, 3.63) is 29.3 Å². The van der Waals surface area contributed by atoms with Crippen molar-refractivity contribution in [3.63, 3.8) is 0 Å². The van der Waals surface area contributed by atoms with E-state index in [1.165, 1.54) is 24.2 Å². The van der Waals surface area contributed by atoms with E-state index < -0.39 is 0 Å². The topological polar surface area (TPSA) is 29.3 Å². The average molecular weight is 176 g/mol. The molecule has 0 aliphatic carbocycles. The molecule has 2 N–H and O–H groups in total. The second kappa shape index (κ2) is 3.04. The van der Waals surface area contributed by atoms with Gasteiger partial charge in [-0.15, -0.1) is 0 Å². The number of hydrogen-bond donors (Lipinski definition) is 1. The van der Waals surface area contributed by atoms with Gasteiger partial charge >= 0.3 is 0 Å². The molecule has 1 aliphatic rings. The molecule has 1 aromatic carbocycles. The number of hydrogen-bond acceptors (Lipinski definition) is 2. The summed E-state index contributed by atoms with van der Waals surface area (Å²) in [6.07, 6.45) is 0. The van der Waals surface area contributed by atoms with Gasteiger partial charge in [0.2, 0.25) is 0 Å². The fourth-order valence-corrected chi connectivity index (χ4v) is 1.82. The number of rotatable bonds is 1. The van der Waals surface area contributed by atoms with Crippen molar-refractivity contribution in [3.8, 4) is 0 Å². The first kappa shape index (κ1) is 8.57. The Morgan fingerprint density at radius 2 is 2.08 bits per heavy atom. The summed E-state index contributed by atoms with van der Waals surface area (Å²) in [5.41, 5.74) is 9.35. The third kappa shape index (κ3) is 1.54. The minimum Gasteiger partial charge on any atom is -0.399 e. The zero-order valence-corrected chi connectivity index (χ0v) is 8.25. The van der Waals surface area contributed by atoms with Crippen molar-refractivity contribution in [2.45, 2.75) is 12.8 Å². The van der Waals surface area contributed by atoms with E-state index in [-0.39, 0.29) is 0 Å². The molecule has 0 unspecified atom stereocenters. The van der Waals surface area contributed by atoms with Gasteiger partial charge in [-0.25, -0.2) is 0 Å². The molecule has 0 radical (unpaired) electrons. The lowest BCUT2D eigenvalue weighted by molar-refractivity contribution is 0.190. The number of nitrogens with zero attached hydrogens (tertiary/aromatic N) is 1. The highest BCUT2D eigenvalue weighted by Gasteiger charge is 2.24. The SMILES string of the molecule is Cc1ccc(C2CN(C)C2)cc1N. The third-order valence-electron chi connectivity index (χ3n) is 2.84. The minimum absolute atomic E-state index is 0.702. The molecule has 2 heteroatoms. The molecule has 0 spiro atoms. The molecule has 0 aromatic heterocycles. The Hall–Kier alpha value is -1.02. The van der Waals surface area contributed by atoms with Crippen LogP contribution in [0.1, 0.15) is 17.0 Å². The highest BCUT2D eigenvalue weighted by atomic mass is 15.2. The standard InChI is InChI=1S/C11H16N2/c1-8-3-4-9(5-11(8)12)10-6-13(2)7-10/h3-5,10H,6-7,12H2,1-2H3. The number of likely N-dealkylation sites (N-methyl/N-ethyl adjacent to an activating group) is 1. The average Bonchev–Trinajstić information content (AvgIpc) is 2.05. The van der Waals surface area contributed by atoms with E-state index in [4.69, 9.17) is 5.73 Å². The molecule has 1 aliphatic heterocycles. The van der Waals surface area contributed by atoms with Crippen LogP contribution in [0, 0.1) is 6.92 Å². The molecule has 0 saturated carbocycles. The van der Waals surface area contributed by atoms with Crippen molar-refractivity contribution in [2.75, 3.05) is 25.9 Å². The van der Waals surface area contributed by atoms with Crippen LogP contribution >= 0.6 is 0 Å². The third-order valence-corrected chi connectivity index (χ3v) is 2.84. The lowest BCUT2D eigenvalue weighted by Crippen LogP contribution is -2.41. The normalized spacial score (nSPS) is 18.6. The van der Waals surface area contributed by atoms with E-state index in [9.17, 15) is 0 Å². The molecule has 0 atom stereocenters. The van der Waals surface area contributed by atoms with Crippen LogP contribution in [0.3, 0.4) is 0 Å². The largest absolute Gasteiger partial charge is 0.399 e. The monoisotopic (exact) mass is 176 g/mol. The summed E-state index contributed by atoms with van der Waals surface area (Å²) in [4.78, 5) is 2.32. The van der Waals surface area contributed by atoms with Gasteiger partial charge < -0.3 is 10.6 Å². The van der Waals surface area contributed by atoms with Gasteiger partial charge in [-0.1, -0.05) is 12.1 Å². The van der Waals surface area contributed by atoms with E-state index in [0.29, 0.717) is 5.92 Å². The number of nitrogen functional groups attached to an aromatic ring is 1. The maximum atomic E-state index is 5.86. The number of anilines is 1. The van der Waals surface area contributed by atoms with Crippen LogP contribution in [0.4, 0.5) is 5.69 Å². The fraction of sp³-hybridized carbons (Fsp3) is 0.455. The Balaban J connectivity index is 2.18. The van der Waals surface area contributed by atoms with Crippen molar-refractivity contribution in [1.29, 1.82) is 0 Å². The zero-order chi connectivity index (χ0) is 9.42. The van der Waals surface area contributed by atoms with Gasteiger partial charge in [0.1, 0.15) is 0 Å². The van der Waals surface area contributed by atoms with E-state index in [2.05, 4.69) is 30.1 Å². The Kier molecular flexibility index (Phi) is 2.00. The van der Waals surface area contributed by atoms with Crippen molar-refractivity contribution in [2.24, 2.45) is 0 Å². The van der Waals surface area contributed by atoms with Crippen molar-refractivity contribution < 1.29 is 0 Å². The van der Waals surface area contributed by atoms with Crippen LogP contribution in [0.2, 0.25) is 0 Å². The van der Waals surface area contributed by atoms with Gasteiger partial charge in [0.25, 0.3) is 0 Å². The lowest BCUT2D eigenvalue weighted by Gasteiger charge is -2.36. The van der Waals surface area contributed by atoms with Crippen molar-refractivity contribution >= 4 is 5.69 Å². The number of likely N-dealkylation sites (tertiary alicyclic amines) is 1. The molecular formula is C11H16N2. The van der Waals surface area contributed by atoms with Crippen molar-refractivity contribution in [1.82, 2.24) is 4.90 Å². The van der Waals surface area contributed by atoms with Gasteiger partial charge in [-0.2, -0.15) is 0 Å². The molecule has 70 valence electrons. The first-order valence-corrected chi connectivity index (χ1v) is 4.71. The summed E-state index contributed by atoms with van der Waals surface area (Å²) in [7, 11) is 2.15. The van der Waals surface area contributed by atoms with Crippen LogP contribution < -0.4 is 5.73 Å². The number of benzene rings is 1. The fourth-order valence-electron chi connectivity index (χ4n) is 1.82. The molecule has 1 saturated heterocycles. The Bertz CT molecular complexity index is 314. The maximum absolute atomic E-state index is 5.86. The first-order chi connectivity index (χ1) is 6.16. The maximum Gasteiger partial charge on any atom is 0.0346 e.